The van der Waals surface area contributed by atoms with Gasteiger partial charge < -0.3 is 4.74 Å². The number of aryl methyl sites for hydroxylation is 1. The molecular formula is C10H16N2OS. The number of hydrazine groups is 1. The molecule has 0 aromatic carbocycles. The van der Waals surface area contributed by atoms with Crippen molar-refractivity contribution in [1.29, 1.82) is 0 Å². The number of rotatable bonds is 3. The van der Waals surface area contributed by atoms with Crippen LogP contribution in [-0.4, -0.2) is 12.7 Å². The Hall–Kier alpha value is -0.420. The van der Waals surface area contributed by atoms with Crippen molar-refractivity contribution in [3.8, 4) is 0 Å². The smallest absolute Gasteiger partial charge is 0.0817 e. The largest absolute Gasteiger partial charge is 0.376 e. The van der Waals surface area contributed by atoms with Gasteiger partial charge in [-0.05, 0) is 36.8 Å². The van der Waals surface area contributed by atoms with Gasteiger partial charge in [-0.2, -0.15) is 0 Å². The van der Waals surface area contributed by atoms with Gasteiger partial charge in [0, 0.05) is 11.5 Å². The second-order valence-corrected chi connectivity index (χ2v) is 4.61. The van der Waals surface area contributed by atoms with Gasteiger partial charge in [0.15, 0.2) is 0 Å². The summed E-state index contributed by atoms with van der Waals surface area (Å²) in [7, 11) is 0. The third kappa shape index (κ3) is 1.83. The Balaban J connectivity index is 2.16. The summed E-state index contributed by atoms with van der Waals surface area (Å²) in [5.74, 6) is 5.59. The monoisotopic (exact) mass is 212 g/mol. The summed E-state index contributed by atoms with van der Waals surface area (Å²) in [6, 6.07) is 2.29. The van der Waals surface area contributed by atoms with Gasteiger partial charge in [0.05, 0.1) is 12.1 Å². The maximum Gasteiger partial charge on any atom is 0.0817 e. The quantitative estimate of drug-likeness (QED) is 0.592. The molecule has 0 bridgehead atoms. The molecule has 78 valence electrons. The molecule has 2 heterocycles. The van der Waals surface area contributed by atoms with E-state index in [2.05, 4.69) is 23.8 Å². The first-order valence-corrected chi connectivity index (χ1v) is 5.82. The van der Waals surface area contributed by atoms with Gasteiger partial charge in [0.1, 0.15) is 0 Å². The summed E-state index contributed by atoms with van der Waals surface area (Å²) < 4.78 is 5.65. The standard InChI is InChI=1S/C10H16N2OS/c1-7-4-6-14-10(7)9(12-11)8-3-2-5-13-8/h4,6,8-9,12H,2-3,5,11H2,1H3. The maximum atomic E-state index is 5.65. The van der Waals surface area contributed by atoms with E-state index in [4.69, 9.17) is 10.6 Å². The SMILES string of the molecule is Cc1ccsc1C(NN)C1CCCO1. The number of thiophene rings is 1. The molecule has 1 aliphatic heterocycles. The van der Waals surface area contributed by atoms with Gasteiger partial charge in [0.2, 0.25) is 0 Å². The molecule has 1 fully saturated rings. The van der Waals surface area contributed by atoms with E-state index in [0.717, 1.165) is 19.4 Å². The Morgan fingerprint density at radius 2 is 2.57 bits per heavy atom. The van der Waals surface area contributed by atoms with Gasteiger partial charge in [0.25, 0.3) is 0 Å². The van der Waals surface area contributed by atoms with E-state index < -0.39 is 0 Å². The zero-order valence-corrected chi connectivity index (χ0v) is 9.14. The zero-order valence-electron chi connectivity index (χ0n) is 8.32. The number of nitrogens with two attached hydrogens (primary N) is 1. The van der Waals surface area contributed by atoms with Crippen LogP contribution in [0.5, 0.6) is 0 Å². The van der Waals surface area contributed by atoms with E-state index in [0.29, 0.717) is 0 Å². The van der Waals surface area contributed by atoms with Crippen molar-refractivity contribution in [2.45, 2.75) is 31.9 Å². The predicted molar refractivity (Wildman–Crippen MR) is 58.1 cm³/mol. The number of hydrogen-bond donors (Lipinski definition) is 2. The van der Waals surface area contributed by atoms with E-state index in [9.17, 15) is 0 Å². The van der Waals surface area contributed by atoms with Crippen LogP contribution in [0.4, 0.5) is 0 Å². The van der Waals surface area contributed by atoms with Crippen LogP contribution < -0.4 is 11.3 Å². The van der Waals surface area contributed by atoms with Crippen LogP contribution in [0.25, 0.3) is 0 Å². The van der Waals surface area contributed by atoms with E-state index >= 15 is 0 Å². The number of hydrogen-bond acceptors (Lipinski definition) is 4. The van der Waals surface area contributed by atoms with E-state index in [1.54, 1.807) is 11.3 Å². The molecule has 0 amide bonds. The summed E-state index contributed by atoms with van der Waals surface area (Å²) in [5.41, 5.74) is 4.17. The highest BCUT2D eigenvalue weighted by atomic mass is 32.1. The molecule has 2 atom stereocenters. The first kappa shape index (κ1) is 10.1. The van der Waals surface area contributed by atoms with Crippen LogP contribution in [0, 0.1) is 6.92 Å². The molecule has 1 saturated heterocycles. The minimum absolute atomic E-state index is 0.164. The Kier molecular flexibility index (Phi) is 3.18. The Bertz CT molecular complexity index is 294. The fraction of sp³-hybridized carbons (Fsp3) is 0.600. The lowest BCUT2D eigenvalue weighted by Crippen LogP contribution is -2.36. The molecule has 2 rings (SSSR count). The second-order valence-electron chi connectivity index (χ2n) is 3.66. The van der Waals surface area contributed by atoms with Crippen molar-refractivity contribution in [2.75, 3.05) is 6.61 Å². The third-order valence-electron chi connectivity index (χ3n) is 2.70. The molecule has 0 radical (unpaired) electrons. The first-order valence-electron chi connectivity index (χ1n) is 4.94. The van der Waals surface area contributed by atoms with Crippen molar-refractivity contribution in [2.24, 2.45) is 5.84 Å². The molecule has 1 aromatic heterocycles. The lowest BCUT2D eigenvalue weighted by Gasteiger charge is -2.21. The van der Waals surface area contributed by atoms with Crippen LogP contribution in [0.1, 0.15) is 29.3 Å². The lowest BCUT2D eigenvalue weighted by atomic mass is 10.0. The molecule has 0 spiro atoms. The molecule has 3 nitrogen and oxygen atoms in total. The average molecular weight is 212 g/mol. The molecule has 14 heavy (non-hydrogen) atoms. The summed E-state index contributed by atoms with van der Waals surface area (Å²) in [5, 5.41) is 2.10. The maximum absolute atomic E-state index is 5.65. The zero-order chi connectivity index (χ0) is 9.97. The highest BCUT2D eigenvalue weighted by Crippen LogP contribution is 2.31. The molecule has 3 N–H and O–H groups in total. The van der Waals surface area contributed by atoms with Gasteiger partial charge in [-0.1, -0.05) is 0 Å². The van der Waals surface area contributed by atoms with Crippen molar-refractivity contribution in [3.63, 3.8) is 0 Å². The molecule has 4 heteroatoms. The van der Waals surface area contributed by atoms with Gasteiger partial charge >= 0.3 is 0 Å². The van der Waals surface area contributed by atoms with Crippen LogP contribution in [0.15, 0.2) is 11.4 Å². The topological polar surface area (TPSA) is 47.3 Å². The first-order chi connectivity index (χ1) is 6.83. The lowest BCUT2D eigenvalue weighted by molar-refractivity contribution is 0.0792. The van der Waals surface area contributed by atoms with Crippen molar-refractivity contribution in [1.82, 2.24) is 5.43 Å². The summed E-state index contributed by atoms with van der Waals surface area (Å²) >= 11 is 1.75. The van der Waals surface area contributed by atoms with Crippen molar-refractivity contribution >= 4 is 11.3 Å². The van der Waals surface area contributed by atoms with E-state index in [1.165, 1.54) is 10.4 Å². The molecule has 0 saturated carbocycles. The van der Waals surface area contributed by atoms with Gasteiger partial charge in [-0.15, -0.1) is 11.3 Å². The minimum Gasteiger partial charge on any atom is -0.376 e. The third-order valence-corrected chi connectivity index (χ3v) is 3.80. The van der Waals surface area contributed by atoms with Crippen molar-refractivity contribution < 1.29 is 4.74 Å². The Morgan fingerprint density at radius 1 is 1.71 bits per heavy atom. The fourth-order valence-electron chi connectivity index (χ4n) is 1.92. The van der Waals surface area contributed by atoms with E-state index in [1.807, 2.05) is 0 Å². The Morgan fingerprint density at radius 3 is 3.07 bits per heavy atom. The Labute approximate surface area is 88.2 Å². The summed E-state index contributed by atoms with van der Waals surface area (Å²) in [6.45, 7) is 2.98. The van der Waals surface area contributed by atoms with Crippen molar-refractivity contribution in [3.05, 3.63) is 21.9 Å². The number of ether oxygens (including phenoxy) is 1. The van der Waals surface area contributed by atoms with E-state index in [-0.39, 0.29) is 12.1 Å². The van der Waals surface area contributed by atoms with Crippen LogP contribution >= 0.6 is 11.3 Å². The van der Waals surface area contributed by atoms with Crippen LogP contribution in [0.2, 0.25) is 0 Å². The van der Waals surface area contributed by atoms with Crippen LogP contribution in [0.3, 0.4) is 0 Å². The molecule has 1 aromatic rings. The highest BCUT2D eigenvalue weighted by molar-refractivity contribution is 7.10. The highest BCUT2D eigenvalue weighted by Gasteiger charge is 2.28. The normalized spacial score (nSPS) is 24.0. The minimum atomic E-state index is 0.164. The molecule has 1 aliphatic rings. The predicted octanol–water partition coefficient (Wildman–Crippen LogP) is 1.74. The van der Waals surface area contributed by atoms with Crippen LogP contribution in [-0.2, 0) is 4.74 Å². The van der Waals surface area contributed by atoms with Gasteiger partial charge in [-0.25, -0.2) is 5.43 Å². The summed E-state index contributed by atoms with van der Waals surface area (Å²) in [6.07, 6.45) is 2.50. The molecular weight excluding hydrogens is 196 g/mol. The molecule has 2 unspecified atom stereocenters. The molecule has 0 aliphatic carbocycles. The number of nitrogens with one attached hydrogen (secondary N) is 1. The second kappa shape index (κ2) is 4.40. The summed E-state index contributed by atoms with van der Waals surface area (Å²) in [4.78, 5) is 1.31. The average Bonchev–Trinajstić information content (AvgIpc) is 2.80. The fourth-order valence-corrected chi connectivity index (χ4v) is 2.96. The van der Waals surface area contributed by atoms with Gasteiger partial charge in [-0.3, -0.25) is 5.84 Å².